The summed E-state index contributed by atoms with van der Waals surface area (Å²) in [5.41, 5.74) is -0.449. The van der Waals surface area contributed by atoms with Gasteiger partial charge in [-0.15, -0.1) is 0 Å². The number of non-ortho nitro benzene ring substituents is 1. The van der Waals surface area contributed by atoms with Gasteiger partial charge in [0.1, 0.15) is 10.7 Å². The summed E-state index contributed by atoms with van der Waals surface area (Å²) in [6, 6.07) is 2.27. The zero-order valence-electron chi connectivity index (χ0n) is 11.5. The summed E-state index contributed by atoms with van der Waals surface area (Å²) < 4.78 is 40.2. The highest BCUT2D eigenvalue weighted by Crippen LogP contribution is 2.26. The Kier molecular flexibility index (Phi) is 4.55. The van der Waals surface area contributed by atoms with E-state index < -0.39 is 31.3 Å². The van der Waals surface area contributed by atoms with E-state index in [9.17, 15) is 22.9 Å². The molecule has 0 bridgehead atoms. The molecule has 0 aromatic heterocycles. The second kappa shape index (κ2) is 6.04. The molecule has 0 aliphatic carbocycles. The van der Waals surface area contributed by atoms with Crippen molar-refractivity contribution in [1.29, 1.82) is 0 Å². The first-order valence-corrected chi connectivity index (χ1v) is 7.98. The average Bonchev–Trinajstić information content (AvgIpc) is 2.93. The first-order chi connectivity index (χ1) is 9.87. The molecule has 1 fully saturated rings. The van der Waals surface area contributed by atoms with Crippen molar-refractivity contribution in [2.45, 2.75) is 24.3 Å². The number of sulfonamides is 1. The number of hydrogen-bond donors (Lipinski definition) is 1. The van der Waals surface area contributed by atoms with Gasteiger partial charge in [-0.25, -0.2) is 12.8 Å². The maximum absolute atomic E-state index is 13.9. The summed E-state index contributed by atoms with van der Waals surface area (Å²) in [5.74, 6) is -0.981. The predicted molar refractivity (Wildman–Crippen MR) is 73.9 cm³/mol. The molecule has 1 aliphatic rings. The van der Waals surface area contributed by atoms with Gasteiger partial charge in [0.2, 0.25) is 10.0 Å². The molecule has 0 amide bonds. The largest absolute Gasteiger partial charge is 0.315 e. The lowest BCUT2D eigenvalue weighted by Gasteiger charge is -2.26. The highest BCUT2D eigenvalue weighted by molar-refractivity contribution is 7.89. The molecule has 1 atom stereocenters. The lowest BCUT2D eigenvalue weighted by Crippen LogP contribution is -2.41. The number of rotatable bonds is 5. The molecule has 1 heterocycles. The number of hydrogen-bond acceptors (Lipinski definition) is 5. The topological polar surface area (TPSA) is 92.6 Å². The smallest absolute Gasteiger partial charge is 0.270 e. The molecule has 1 aromatic rings. The van der Waals surface area contributed by atoms with Gasteiger partial charge in [0, 0.05) is 31.3 Å². The van der Waals surface area contributed by atoms with Crippen LogP contribution in [0.15, 0.2) is 23.1 Å². The van der Waals surface area contributed by atoms with Crippen LogP contribution in [0.25, 0.3) is 0 Å². The Hall–Kier alpha value is -1.58. The van der Waals surface area contributed by atoms with E-state index in [-0.39, 0.29) is 12.6 Å². The second-order valence-electron chi connectivity index (χ2n) is 4.73. The predicted octanol–water partition coefficient (Wildman–Crippen LogP) is 1.11. The van der Waals surface area contributed by atoms with Crippen molar-refractivity contribution in [2.75, 3.05) is 19.6 Å². The van der Waals surface area contributed by atoms with E-state index in [4.69, 9.17) is 0 Å². The minimum atomic E-state index is -4.11. The molecule has 0 radical (unpaired) electrons. The Bertz CT molecular complexity index is 644. The SMILES string of the molecule is CCN(C1CCNC1)S(=O)(=O)c1cc([N+](=O)[O-])ccc1F. The van der Waals surface area contributed by atoms with Gasteiger partial charge in [-0.05, 0) is 19.0 Å². The third-order valence-corrected chi connectivity index (χ3v) is 5.51. The summed E-state index contributed by atoms with van der Waals surface area (Å²) in [6.07, 6.45) is 0.629. The van der Waals surface area contributed by atoms with Crippen LogP contribution in [-0.4, -0.2) is 43.3 Å². The third-order valence-electron chi connectivity index (χ3n) is 3.47. The fourth-order valence-corrected chi connectivity index (χ4v) is 4.19. The van der Waals surface area contributed by atoms with Crippen LogP contribution < -0.4 is 5.32 Å². The van der Waals surface area contributed by atoms with Crippen LogP contribution in [0, 0.1) is 15.9 Å². The molecule has 21 heavy (non-hydrogen) atoms. The number of nitro benzene ring substituents is 1. The van der Waals surface area contributed by atoms with Crippen LogP contribution >= 0.6 is 0 Å². The van der Waals surface area contributed by atoms with Crippen LogP contribution in [0.1, 0.15) is 13.3 Å². The van der Waals surface area contributed by atoms with Crippen LogP contribution in [0.3, 0.4) is 0 Å². The zero-order valence-corrected chi connectivity index (χ0v) is 12.3. The minimum absolute atomic E-state index is 0.177. The van der Waals surface area contributed by atoms with Gasteiger partial charge in [0.25, 0.3) is 5.69 Å². The van der Waals surface area contributed by atoms with E-state index in [1.54, 1.807) is 6.92 Å². The van der Waals surface area contributed by atoms with Crippen molar-refractivity contribution < 1.29 is 17.7 Å². The Morgan fingerprint density at radius 1 is 1.52 bits per heavy atom. The Morgan fingerprint density at radius 2 is 2.24 bits per heavy atom. The second-order valence-corrected chi connectivity index (χ2v) is 6.59. The number of likely N-dealkylation sites (N-methyl/N-ethyl adjacent to an activating group) is 1. The standard InChI is InChI=1S/C12H16FN3O4S/c1-2-15(10-5-6-14-8-10)21(19,20)12-7-9(16(17)18)3-4-11(12)13/h3-4,7,10,14H,2,5-6,8H2,1H3. The number of nitrogens with one attached hydrogen (secondary N) is 1. The van der Waals surface area contributed by atoms with E-state index in [2.05, 4.69) is 5.32 Å². The van der Waals surface area contributed by atoms with Gasteiger partial charge in [-0.2, -0.15) is 4.31 Å². The quantitative estimate of drug-likeness (QED) is 0.648. The van der Waals surface area contributed by atoms with Crippen LogP contribution in [-0.2, 0) is 10.0 Å². The van der Waals surface area contributed by atoms with Crippen molar-refractivity contribution in [3.05, 3.63) is 34.1 Å². The monoisotopic (exact) mass is 317 g/mol. The number of benzene rings is 1. The molecule has 2 rings (SSSR count). The normalized spacial score (nSPS) is 19.1. The summed E-state index contributed by atoms with van der Waals surface area (Å²) >= 11 is 0. The van der Waals surface area contributed by atoms with Gasteiger partial charge in [-0.3, -0.25) is 10.1 Å². The van der Waals surface area contributed by atoms with Crippen LogP contribution in [0.2, 0.25) is 0 Å². The molecular formula is C12H16FN3O4S. The van der Waals surface area contributed by atoms with Crippen molar-refractivity contribution in [2.24, 2.45) is 0 Å². The maximum Gasteiger partial charge on any atom is 0.270 e. The lowest BCUT2D eigenvalue weighted by atomic mass is 10.3. The van der Waals surface area contributed by atoms with E-state index >= 15 is 0 Å². The lowest BCUT2D eigenvalue weighted by molar-refractivity contribution is -0.385. The Balaban J connectivity index is 2.46. The fourth-order valence-electron chi connectivity index (χ4n) is 2.44. The molecule has 0 saturated carbocycles. The fraction of sp³-hybridized carbons (Fsp3) is 0.500. The molecule has 1 unspecified atom stereocenters. The Morgan fingerprint density at radius 3 is 2.76 bits per heavy atom. The van der Waals surface area contributed by atoms with Crippen molar-refractivity contribution in [3.8, 4) is 0 Å². The number of nitro groups is 1. The maximum atomic E-state index is 13.9. The van der Waals surface area contributed by atoms with Gasteiger partial charge in [-0.1, -0.05) is 6.92 Å². The van der Waals surface area contributed by atoms with Gasteiger partial charge in [0.05, 0.1) is 4.92 Å². The highest BCUT2D eigenvalue weighted by atomic mass is 32.2. The first kappa shape index (κ1) is 15.8. The number of halogens is 1. The minimum Gasteiger partial charge on any atom is -0.315 e. The zero-order chi connectivity index (χ0) is 15.6. The molecular weight excluding hydrogens is 301 g/mol. The summed E-state index contributed by atoms with van der Waals surface area (Å²) in [5, 5.41) is 13.8. The third kappa shape index (κ3) is 3.04. The molecule has 9 heteroatoms. The van der Waals surface area contributed by atoms with Gasteiger partial charge in [0.15, 0.2) is 0 Å². The van der Waals surface area contributed by atoms with E-state index in [0.717, 1.165) is 18.2 Å². The molecule has 1 aromatic carbocycles. The van der Waals surface area contributed by atoms with Crippen LogP contribution in [0.4, 0.5) is 10.1 Å². The first-order valence-electron chi connectivity index (χ1n) is 6.54. The molecule has 0 spiro atoms. The van der Waals surface area contributed by atoms with E-state index in [1.807, 2.05) is 0 Å². The van der Waals surface area contributed by atoms with Gasteiger partial charge < -0.3 is 5.32 Å². The average molecular weight is 317 g/mol. The van der Waals surface area contributed by atoms with Crippen LogP contribution in [0.5, 0.6) is 0 Å². The molecule has 116 valence electrons. The van der Waals surface area contributed by atoms with Crippen molar-refractivity contribution >= 4 is 15.7 Å². The van der Waals surface area contributed by atoms with Crippen molar-refractivity contribution in [3.63, 3.8) is 0 Å². The Labute approximate surface area is 122 Å². The highest BCUT2D eigenvalue weighted by Gasteiger charge is 2.34. The summed E-state index contributed by atoms with van der Waals surface area (Å²) in [4.78, 5) is 9.36. The van der Waals surface area contributed by atoms with E-state index in [0.29, 0.717) is 19.5 Å². The summed E-state index contributed by atoms with van der Waals surface area (Å²) in [6.45, 7) is 3.01. The molecule has 1 N–H and O–H groups in total. The van der Waals surface area contributed by atoms with Crippen molar-refractivity contribution in [1.82, 2.24) is 9.62 Å². The van der Waals surface area contributed by atoms with Gasteiger partial charge >= 0.3 is 0 Å². The number of nitrogens with zero attached hydrogens (tertiary/aromatic N) is 2. The summed E-state index contributed by atoms with van der Waals surface area (Å²) in [7, 11) is -4.11. The molecule has 7 nitrogen and oxygen atoms in total. The van der Waals surface area contributed by atoms with E-state index in [1.165, 1.54) is 4.31 Å². The molecule has 1 saturated heterocycles. The molecule has 1 aliphatic heterocycles.